The molecule has 0 aliphatic rings. The summed E-state index contributed by atoms with van der Waals surface area (Å²) in [4.78, 5) is 27.8. The molecule has 1 atom stereocenters. The SMILES string of the molecule is CCCCNC(=O)C(CC)N(Cc1ccc(OC)cc1)C(=O)CCCOc1ccc(C)cc1. The van der Waals surface area contributed by atoms with E-state index >= 15 is 0 Å². The topological polar surface area (TPSA) is 67.9 Å². The van der Waals surface area contributed by atoms with Crippen LogP contribution in [0.5, 0.6) is 11.5 Å². The van der Waals surface area contributed by atoms with E-state index in [1.165, 1.54) is 5.56 Å². The average Bonchev–Trinajstić information content (AvgIpc) is 2.83. The summed E-state index contributed by atoms with van der Waals surface area (Å²) in [5.41, 5.74) is 2.13. The van der Waals surface area contributed by atoms with Gasteiger partial charge in [-0.15, -0.1) is 0 Å². The van der Waals surface area contributed by atoms with Gasteiger partial charge in [-0.1, -0.05) is 50.1 Å². The van der Waals surface area contributed by atoms with Crippen molar-refractivity contribution in [2.75, 3.05) is 20.3 Å². The van der Waals surface area contributed by atoms with Gasteiger partial charge in [0.1, 0.15) is 17.5 Å². The van der Waals surface area contributed by atoms with Crippen molar-refractivity contribution >= 4 is 11.8 Å². The molecular formula is C27H38N2O4. The Balaban J connectivity index is 2.03. The Kier molecular flexibility index (Phi) is 11.3. The molecule has 2 aromatic rings. The zero-order valence-electron chi connectivity index (χ0n) is 20.4. The monoisotopic (exact) mass is 454 g/mol. The highest BCUT2D eigenvalue weighted by molar-refractivity contribution is 5.87. The van der Waals surface area contributed by atoms with Crippen molar-refractivity contribution < 1.29 is 19.1 Å². The number of carbonyl (C=O) groups excluding carboxylic acids is 2. The Bertz CT molecular complexity index is 849. The molecule has 1 unspecified atom stereocenters. The van der Waals surface area contributed by atoms with Gasteiger partial charge in [-0.2, -0.15) is 0 Å². The summed E-state index contributed by atoms with van der Waals surface area (Å²) < 4.78 is 11.0. The normalized spacial score (nSPS) is 11.5. The number of aryl methyl sites for hydroxylation is 1. The maximum Gasteiger partial charge on any atom is 0.242 e. The maximum absolute atomic E-state index is 13.2. The van der Waals surface area contributed by atoms with E-state index in [0.717, 1.165) is 29.9 Å². The van der Waals surface area contributed by atoms with Crippen molar-refractivity contribution in [2.24, 2.45) is 0 Å². The first-order chi connectivity index (χ1) is 16.0. The second kappa shape index (κ2) is 14.2. The number of nitrogens with one attached hydrogen (secondary N) is 1. The van der Waals surface area contributed by atoms with Crippen molar-refractivity contribution in [3.63, 3.8) is 0 Å². The number of unbranched alkanes of at least 4 members (excludes halogenated alkanes) is 1. The third kappa shape index (κ3) is 8.79. The number of amides is 2. The van der Waals surface area contributed by atoms with Crippen LogP contribution in [-0.2, 0) is 16.1 Å². The largest absolute Gasteiger partial charge is 0.497 e. The van der Waals surface area contributed by atoms with E-state index in [9.17, 15) is 9.59 Å². The molecule has 0 fully saturated rings. The van der Waals surface area contributed by atoms with E-state index in [1.54, 1.807) is 12.0 Å². The Morgan fingerprint density at radius 3 is 2.24 bits per heavy atom. The summed E-state index contributed by atoms with van der Waals surface area (Å²) in [7, 11) is 1.62. The first-order valence-electron chi connectivity index (χ1n) is 11.9. The van der Waals surface area contributed by atoms with Gasteiger partial charge in [0, 0.05) is 19.5 Å². The van der Waals surface area contributed by atoms with Crippen molar-refractivity contribution in [3.8, 4) is 11.5 Å². The molecule has 6 nitrogen and oxygen atoms in total. The number of carbonyl (C=O) groups is 2. The lowest BCUT2D eigenvalue weighted by molar-refractivity contribution is -0.141. The molecule has 2 aromatic carbocycles. The Hall–Kier alpha value is -3.02. The zero-order chi connectivity index (χ0) is 24.1. The van der Waals surface area contributed by atoms with Gasteiger partial charge in [-0.05, 0) is 56.0 Å². The number of hydrogen-bond acceptors (Lipinski definition) is 4. The molecule has 0 heterocycles. The molecule has 33 heavy (non-hydrogen) atoms. The number of ether oxygens (including phenoxy) is 2. The van der Waals surface area contributed by atoms with Crippen LogP contribution < -0.4 is 14.8 Å². The summed E-state index contributed by atoms with van der Waals surface area (Å²) in [6, 6.07) is 15.0. The van der Waals surface area contributed by atoms with Gasteiger partial charge in [0.05, 0.1) is 13.7 Å². The third-order valence-corrected chi connectivity index (χ3v) is 5.55. The third-order valence-electron chi connectivity index (χ3n) is 5.55. The van der Waals surface area contributed by atoms with Crippen LogP contribution in [0.4, 0.5) is 0 Å². The molecule has 0 bridgehead atoms. The predicted octanol–water partition coefficient (Wildman–Crippen LogP) is 4.89. The minimum absolute atomic E-state index is 0.0455. The number of benzene rings is 2. The lowest BCUT2D eigenvalue weighted by Crippen LogP contribution is -2.49. The zero-order valence-corrected chi connectivity index (χ0v) is 20.4. The number of methoxy groups -OCH3 is 1. The van der Waals surface area contributed by atoms with Crippen molar-refractivity contribution in [1.29, 1.82) is 0 Å². The van der Waals surface area contributed by atoms with Gasteiger partial charge in [-0.3, -0.25) is 9.59 Å². The van der Waals surface area contributed by atoms with Crippen LogP contribution in [0.2, 0.25) is 0 Å². The first kappa shape index (κ1) is 26.2. The quantitative estimate of drug-likeness (QED) is 0.413. The van der Waals surface area contributed by atoms with Gasteiger partial charge in [0.2, 0.25) is 11.8 Å². The minimum atomic E-state index is -0.505. The lowest BCUT2D eigenvalue weighted by Gasteiger charge is -2.31. The van der Waals surface area contributed by atoms with Crippen LogP contribution >= 0.6 is 0 Å². The first-order valence-corrected chi connectivity index (χ1v) is 11.9. The van der Waals surface area contributed by atoms with Crippen LogP contribution in [0.25, 0.3) is 0 Å². The van der Waals surface area contributed by atoms with Gasteiger partial charge < -0.3 is 19.7 Å². The average molecular weight is 455 g/mol. The fourth-order valence-corrected chi connectivity index (χ4v) is 3.54. The minimum Gasteiger partial charge on any atom is -0.497 e. The molecule has 0 spiro atoms. The van der Waals surface area contributed by atoms with E-state index < -0.39 is 6.04 Å². The smallest absolute Gasteiger partial charge is 0.242 e. The van der Waals surface area contributed by atoms with E-state index in [1.807, 2.05) is 62.4 Å². The summed E-state index contributed by atoms with van der Waals surface area (Å²) in [6.07, 6.45) is 3.39. The number of hydrogen-bond donors (Lipinski definition) is 1. The van der Waals surface area contributed by atoms with Crippen molar-refractivity contribution in [3.05, 3.63) is 59.7 Å². The Morgan fingerprint density at radius 2 is 1.64 bits per heavy atom. The maximum atomic E-state index is 13.2. The van der Waals surface area contributed by atoms with Gasteiger partial charge in [0.25, 0.3) is 0 Å². The predicted molar refractivity (Wildman–Crippen MR) is 131 cm³/mol. The lowest BCUT2D eigenvalue weighted by atomic mass is 10.1. The van der Waals surface area contributed by atoms with Gasteiger partial charge in [0.15, 0.2) is 0 Å². The van der Waals surface area contributed by atoms with Crippen LogP contribution in [-0.4, -0.2) is 43.0 Å². The molecule has 180 valence electrons. The van der Waals surface area contributed by atoms with Crippen LogP contribution in [0.15, 0.2) is 48.5 Å². The second-order valence-corrected chi connectivity index (χ2v) is 8.20. The van der Waals surface area contributed by atoms with E-state index in [2.05, 4.69) is 12.2 Å². The van der Waals surface area contributed by atoms with Crippen LogP contribution in [0, 0.1) is 6.92 Å². The standard InChI is InChI=1S/C27H38N2O4/c1-5-7-18-28-27(31)25(6-2)29(20-22-12-16-23(32-4)17-13-22)26(30)9-8-19-33-24-14-10-21(3)11-15-24/h10-17,25H,5-9,18-20H2,1-4H3,(H,28,31). The van der Waals surface area contributed by atoms with Gasteiger partial charge in [-0.25, -0.2) is 0 Å². The van der Waals surface area contributed by atoms with Gasteiger partial charge >= 0.3 is 0 Å². The van der Waals surface area contributed by atoms with Crippen LogP contribution in [0.3, 0.4) is 0 Å². The number of rotatable bonds is 14. The fraction of sp³-hybridized carbons (Fsp3) is 0.481. The molecule has 2 rings (SSSR count). The highest BCUT2D eigenvalue weighted by Crippen LogP contribution is 2.18. The molecule has 0 aliphatic heterocycles. The summed E-state index contributed by atoms with van der Waals surface area (Å²) in [5.74, 6) is 1.42. The Morgan fingerprint density at radius 1 is 0.970 bits per heavy atom. The molecular weight excluding hydrogens is 416 g/mol. The summed E-state index contributed by atoms with van der Waals surface area (Å²) >= 11 is 0. The van der Waals surface area contributed by atoms with Crippen molar-refractivity contribution in [2.45, 2.75) is 65.5 Å². The second-order valence-electron chi connectivity index (χ2n) is 8.20. The Labute approximate surface area is 198 Å². The number of nitrogens with zero attached hydrogens (tertiary/aromatic N) is 1. The fourth-order valence-electron chi connectivity index (χ4n) is 3.54. The summed E-state index contributed by atoms with van der Waals surface area (Å²) in [5, 5.41) is 2.99. The highest BCUT2D eigenvalue weighted by Gasteiger charge is 2.28. The van der Waals surface area contributed by atoms with Crippen LogP contribution in [0.1, 0.15) is 57.1 Å². The molecule has 0 radical (unpaired) electrons. The van der Waals surface area contributed by atoms with E-state index in [4.69, 9.17) is 9.47 Å². The molecule has 0 aromatic heterocycles. The van der Waals surface area contributed by atoms with E-state index in [-0.39, 0.29) is 11.8 Å². The molecule has 0 saturated heterocycles. The molecule has 0 aliphatic carbocycles. The van der Waals surface area contributed by atoms with Crippen molar-refractivity contribution in [1.82, 2.24) is 10.2 Å². The van der Waals surface area contributed by atoms with E-state index in [0.29, 0.717) is 39.0 Å². The highest BCUT2D eigenvalue weighted by atomic mass is 16.5. The summed E-state index contributed by atoms with van der Waals surface area (Å²) in [6.45, 7) is 7.51. The molecule has 6 heteroatoms. The molecule has 0 saturated carbocycles. The molecule has 2 amide bonds. The molecule has 1 N–H and O–H groups in total.